The number of rotatable bonds is 4. The predicted molar refractivity (Wildman–Crippen MR) is 89.0 cm³/mol. The van der Waals surface area contributed by atoms with Crippen molar-refractivity contribution < 1.29 is 9.53 Å². The van der Waals surface area contributed by atoms with E-state index in [1.807, 2.05) is 30.0 Å². The van der Waals surface area contributed by atoms with E-state index in [0.29, 0.717) is 5.92 Å². The highest BCUT2D eigenvalue weighted by molar-refractivity contribution is 5.81. The van der Waals surface area contributed by atoms with Gasteiger partial charge in [-0.1, -0.05) is 26.0 Å². The summed E-state index contributed by atoms with van der Waals surface area (Å²) in [7, 11) is 0. The van der Waals surface area contributed by atoms with Crippen LogP contribution in [0.4, 0.5) is 0 Å². The molecule has 22 heavy (non-hydrogen) atoms. The molecule has 3 atom stereocenters. The van der Waals surface area contributed by atoms with Crippen LogP contribution in [0.2, 0.25) is 0 Å². The average molecular weight is 304 g/mol. The van der Waals surface area contributed by atoms with Crippen LogP contribution in [-0.4, -0.2) is 35.5 Å². The number of carbonyl (C=O) groups is 1. The first-order chi connectivity index (χ1) is 10.4. The Morgan fingerprint density at radius 1 is 1.36 bits per heavy atom. The number of likely N-dealkylation sites (tertiary alicyclic amines) is 1. The fraction of sp³-hybridized carbons (Fsp3) is 0.611. The lowest BCUT2D eigenvalue weighted by atomic mass is 9.98. The summed E-state index contributed by atoms with van der Waals surface area (Å²) in [5, 5.41) is 0. The molecule has 1 aliphatic heterocycles. The van der Waals surface area contributed by atoms with Gasteiger partial charge in [0.1, 0.15) is 5.75 Å². The zero-order valence-electron chi connectivity index (χ0n) is 14.1. The summed E-state index contributed by atoms with van der Waals surface area (Å²) >= 11 is 0. The minimum Gasteiger partial charge on any atom is -0.481 e. The molecule has 1 aliphatic rings. The molecule has 0 unspecified atom stereocenters. The maximum absolute atomic E-state index is 12.6. The van der Waals surface area contributed by atoms with Crippen LogP contribution in [0, 0.1) is 0 Å². The summed E-state index contributed by atoms with van der Waals surface area (Å²) in [4.78, 5) is 14.5. The number of benzene rings is 1. The van der Waals surface area contributed by atoms with Crippen molar-refractivity contribution in [1.29, 1.82) is 0 Å². The molecule has 0 aliphatic carbocycles. The summed E-state index contributed by atoms with van der Waals surface area (Å²) in [5.41, 5.74) is 7.18. The Labute approximate surface area is 133 Å². The molecule has 0 bridgehead atoms. The molecule has 122 valence electrons. The first-order valence-corrected chi connectivity index (χ1v) is 8.21. The van der Waals surface area contributed by atoms with Gasteiger partial charge in [0.2, 0.25) is 0 Å². The van der Waals surface area contributed by atoms with E-state index in [4.69, 9.17) is 10.5 Å². The Bertz CT molecular complexity index is 516. The first kappa shape index (κ1) is 16.8. The molecule has 0 aromatic heterocycles. The second kappa shape index (κ2) is 7.14. The van der Waals surface area contributed by atoms with Crippen LogP contribution in [0.5, 0.6) is 5.75 Å². The predicted octanol–water partition coefficient (Wildman–Crippen LogP) is 2.92. The van der Waals surface area contributed by atoms with Crippen molar-refractivity contribution in [3.8, 4) is 5.75 Å². The number of carbonyl (C=O) groups excluding carboxylic acids is 1. The second-order valence-corrected chi connectivity index (χ2v) is 6.65. The molecule has 4 nitrogen and oxygen atoms in total. The number of amides is 1. The van der Waals surface area contributed by atoms with Crippen LogP contribution in [0.15, 0.2) is 24.3 Å². The van der Waals surface area contributed by atoms with E-state index < -0.39 is 6.10 Å². The van der Waals surface area contributed by atoms with Gasteiger partial charge in [0.05, 0.1) is 0 Å². The molecular formula is C18H28N2O2. The molecule has 1 saturated heterocycles. The molecule has 1 fully saturated rings. The van der Waals surface area contributed by atoms with E-state index in [2.05, 4.69) is 26.8 Å². The van der Waals surface area contributed by atoms with Gasteiger partial charge >= 0.3 is 0 Å². The van der Waals surface area contributed by atoms with Crippen LogP contribution >= 0.6 is 0 Å². The van der Waals surface area contributed by atoms with Crippen molar-refractivity contribution >= 4 is 5.91 Å². The lowest BCUT2D eigenvalue weighted by Crippen LogP contribution is -2.51. The Morgan fingerprint density at radius 3 is 2.73 bits per heavy atom. The molecule has 2 rings (SSSR count). The Kier molecular flexibility index (Phi) is 5.46. The van der Waals surface area contributed by atoms with Gasteiger partial charge in [0.15, 0.2) is 6.10 Å². The molecule has 4 heteroatoms. The quantitative estimate of drug-likeness (QED) is 0.930. The highest BCUT2D eigenvalue weighted by atomic mass is 16.5. The second-order valence-electron chi connectivity index (χ2n) is 6.65. The fourth-order valence-electron chi connectivity index (χ4n) is 2.97. The van der Waals surface area contributed by atoms with Crippen molar-refractivity contribution in [2.24, 2.45) is 5.73 Å². The highest BCUT2D eigenvalue weighted by Crippen LogP contribution is 2.22. The number of nitrogens with zero attached hydrogens (tertiary/aromatic N) is 1. The molecule has 1 aromatic carbocycles. The number of piperidine rings is 1. The lowest BCUT2D eigenvalue weighted by molar-refractivity contribution is -0.141. The van der Waals surface area contributed by atoms with Gasteiger partial charge < -0.3 is 15.4 Å². The zero-order valence-corrected chi connectivity index (χ0v) is 14.1. The van der Waals surface area contributed by atoms with Gasteiger partial charge in [0, 0.05) is 18.6 Å². The summed E-state index contributed by atoms with van der Waals surface area (Å²) < 4.78 is 5.87. The minimum atomic E-state index is -0.473. The maximum atomic E-state index is 12.6. The highest BCUT2D eigenvalue weighted by Gasteiger charge is 2.30. The molecule has 1 aromatic rings. The third-order valence-electron chi connectivity index (χ3n) is 4.39. The molecular weight excluding hydrogens is 276 g/mol. The van der Waals surface area contributed by atoms with Gasteiger partial charge in [-0.25, -0.2) is 0 Å². The van der Waals surface area contributed by atoms with Crippen LogP contribution in [0.3, 0.4) is 0 Å². The normalized spacial score (nSPS) is 23.5. The number of ether oxygens (including phenoxy) is 1. The van der Waals surface area contributed by atoms with Crippen molar-refractivity contribution in [1.82, 2.24) is 4.90 Å². The van der Waals surface area contributed by atoms with E-state index in [0.717, 1.165) is 25.1 Å². The Balaban J connectivity index is 2.01. The van der Waals surface area contributed by atoms with Gasteiger partial charge in [-0.2, -0.15) is 0 Å². The van der Waals surface area contributed by atoms with Crippen molar-refractivity contribution in [3.05, 3.63) is 29.8 Å². The smallest absolute Gasteiger partial charge is 0.263 e. The van der Waals surface area contributed by atoms with Crippen LogP contribution in [0.25, 0.3) is 0 Å². The SMILES string of the molecule is CC(C)c1cccc(O[C@@H](C)C(=O)N2CC[C@H](N)C[C@@H]2C)c1. The largest absolute Gasteiger partial charge is 0.481 e. The third kappa shape index (κ3) is 4.01. The van der Waals surface area contributed by atoms with E-state index in [9.17, 15) is 4.79 Å². The lowest BCUT2D eigenvalue weighted by Gasteiger charge is -2.37. The summed E-state index contributed by atoms with van der Waals surface area (Å²) in [6.45, 7) is 8.90. The number of nitrogens with two attached hydrogens (primary N) is 1. The minimum absolute atomic E-state index is 0.0503. The summed E-state index contributed by atoms with van der Waals surface area (Å²) in [6.07, 6.45) is 1.26. The maximum Gasteiger partial charge on any atom is 0.263 e. The third-order valence-corrected chi connectivity index (χ3v) is 4.39. The number of hydrogen-bond donors (Lipinski definition) is 1. The fourth-order valence-corrected chi connectivity index (χ4v) is 2.97. The van der Waals surface area contributed by atoms with Crippen LogP contribution < -0.4 is 10.5 Å². The van der Waals surface area contributed by atoms with Gasteiger partial charge in [0.25, 0.3) is 5.91 Å². The van der Waals surface area contributed by atoms with Crippen molar-refractivity contribution in [2.75, 3.05) is 6.54 Å². The first-order valence-electron chi connectivity index (χ1n) is 8.21. The Morgan fingerprint density at radius 2 is 2.09 bits per heavy atom. The number of hydrogen-bond acceptors (Lipinski definition) is 3. The summed E-state index contributed by atoms with van der Waals surface area (Å²) in [6, 6.07) is 8.37. The van der Waals surface area contributed by atoms with Crippen molar-refractivity contribution in [2.45, 2.75) is 64.6 Å². The Hall–Kier alpha value is -1.55. The molecule has 1 amide bonds. The molecule has 0 saturated carbocycles. The summed E-state index contributed by atoms with van der Waals surface area (Å²) in [5.74, 6) is 1.25. The topological polar surface area (TPSA) is 55.6 Å². The van der Waals surface area contributed by atoms with Gasteiger partial charge in [-0.15, -0.1) is 0 Å². The molecule has 0 radical (unpaired) electrons. The van der Waals surface area contributed by atoms with Crippen molar-refractivity contribution in [3.63, 3.8) is 0 Å². The van der Waals surface area contributed by atoms with Gasteiger partial charge in [-0.3, -0.25) is 4.79 Å². The van der Waals surface area contributed by atoms with E-state index >= 15 is 0 Å². The molecule has 0 spiro atoms. The standard InChI is InChI=1S/C18H28N2O2/c1-12(2)15-6-5-7-17(11-15)22-14(4)18(21)20-9-8-16(19)10-13(20)3/h5-7,11-14,16H,8-10,19H2,1-4H3/t13-,14-,16-/m0/s1. The van der Waals surface area contributed by atoms with E-state index in [-0.39, 0.29) is 18.0 Å². The monoisotopic (exact) mass is 304 g/mol. The van der Waals surface area contributed by atoms with E-state index in [1.165, 1.54) is 5.56 Å². The molecule has 2 N–H and O–H groups in total. The zero-order chi connectivity index (χ0) is 16.3. The van der Waals surface area contributed by atoms with Crippen LogP contribution in [0.1, 0.15) is 52.0 Å². The van der Waals surface area contributed by atoms with E-state index in [1.54, 1.807) is 0 Å². The average Bonchev–Trinajstić information content (AvgIpc) is 2.46. The molecule has 1 heterocycles. The van der Waals surface area contributed by atoms with Gasteiger partial charge in [-0.05, 0) is 50.3 Å². The van der Waals surface area contributed by atoms with Crippen LogP contribution in [-0.2, 0) is 4.79 Å².